The number of aliphatic hydroxyl groups is 1. The smallest absolute Gasteiger partial charge is 0.232 e. The van der Waals surface area contributed by atoms with Crippen molar-refractivity contribution in [1.82, 2.24) is 4.98 Å². The van der Waals surface area contributed by atoms with Crippen LogP contribution in [0.25, 0.3) is 0 Å². The van der Waals surface area contributed by atoms with Crippen molar-refractivity contribution in [1.29, 1.82) is 0 Å². The molecule has 2 saturated carbocycles. The fourth-order valence-electron chi connectivity index (χ4n) is 4.36. The topological polar surface area (TPSA) is 62.2 Å². The molecular weight excluding hydrogens is 323 g/mol. The third-order valence-electron chi connectivity index (χ3n) is 6.45. The number of hydrogen-bond acceptors (Lipinski definition) is 3. The second kappa shape index (κ2) is 4.83. The van der Waals surface area contributed by atoms with Crippen LogP contribution in [0.2, 0.25) is 10.0 Å². The van der Waals surface area contributed by atoms with E-state index in [4.69, 9.17) is 23.2 Å². The molecule has 2 fully saturated rings. The van der Waals surface area contributed by atoms with E-state index >= 15 is 0 Å². The maximum absolute atomic E-state index is 13.0. The molecule has 3 atom stereocenters. The molecule has 3 rings (SSSR count). The van der Waals surface area contributed by atoms with Gasteiger partial charge in [-0.15, -0.1) is 0 Å². The monoisotopic (exact) mass is 342 g/mol. The van der Waals surface area contributed by atoms with Crippen LogP contribution in [0.3, 0.4) is 0 Å². The minimum Gasteiger partial charge on any atom is -0.393 e. The van der Waals surface area contributed by atoms with Gasteiger partial charge in [0.2, 0.25) is 5.91 Å². The van der Waals surface area contributed by atoms with E-state index < -0.39 is 11.5 Å². The highest BCUT2D eigenvalue weighted by atomic mass is 35.5. The van der Waals surface area contributed by atoms with Crippen LogP contribution in [0.1, 0.15) is 40.0 Å². The predicted molar refractivity (Wildman–Crippen MR) is 87.1 cm³/mol. The molecule has 0 radical (unpaired) electrons. The molecule has 6 heteroatoms. The number of carbonyl (C=O) groups excluding carboxylic acids is 1. The van der Waals surface area contributed by atoms with Gasteiger partial charge in [0.25, 0.3) is 0 Å². The summed E-state index contributed by atoms with van der Waals surface area (Å²) in [5, 5.41) is 14.0. The van der Waals surface area contributed by atoms with Gasteiger partial charge in [-0.25, -0.2) is 4.98 Å². The Bertz CT molecular complexity index is 649. The van der Waals surface area contributed by atoms with E-state index in [1.165, 1.54) is 6.20 Å². The second-order valence-corrected chi connectivity index (χ2v) is 8.13. The molecule has 22 heavy (non-hydrogen) atoms. The normalized spacial score (nSPS) is 35.6. The number of pyridine rings is 1. The maximum atomic E-state index is 13.0. The standard InChI is InChI=1S/C16H20Cl2N2O2/c1-14(2)15(3)4-5-16(14,7-11(15)21)13(22)20-12-10(18)6-9(17)8-19-12/h6,8,11,21H,4-5,7H2,1-3H3,(H,19,20,22)/t11-,15+,16+/m0/s1. The van der Waals surface area contributed by atoms with Gasteiger partial charge in [0.05, 0.1) is 21.6 Å². The number of carbonyl (C=O) groups is 1. The molecule has 4 nitrogen and oxygen atoms in total. The zero-order valence-corrected chi connectivity index (χ0v) is 14.4. The first-order valence-electron chi connectivity index (χ1n) is 7.45. The molecule has 0 saturated heterocycles. The Morgan fingerprint density at radius 1 is 1.36 bits per heavy atom. The average Bonchev–Trinajstić information content (AvgIpc) is 2.72. The van der Waals surface area contributed by atoms with E-state index in [0.29, 0.717) is 22.3 Å². The van der Waals surface area contributed by atoms with Crippen LogP contribution in [0, 0.1) is 16.2 Å². The first kappa shape index (κ1) is 16.0. The fourth-order valence-corrected chi connectivity index (χ4v) is 4.79. The van der Waals surface area contributed by atoms with Crippen LogP contribution in [-0.4, -0.2) is 22.1 Å². The quantitative estimate of drug-likeness (QED) is 0.856. The third kappa shape index (κ3) is 1.87. The van der Waals surface area contributed by atoms with Crippen molar-refractivity contribution in [3.05, 3.63) is 22.3 Å². The van der Waals surface area contributed by atoms with Crippen molar-refractivity contribution in [2.75, 3.05) is 5.32 Å². The number of aromatic nitrogens is 1. The zero-order chi connectivity index (χ0) is 16.3. The van der Waals surface area contributed by atoms with Crippen LogP contribution in [0.4, 0.5) is 5.82 Å². The molecule has 2 aliphatic rings. The predicted octanol–water partition coefficient (Wildman–Crippen LogP) is 3.90. The highest BCUT2D eigenvalue weighted by molar-refractivity contribution is 6.36. The van der Waals surface area contributed by atoms with Gasteiger partial charge in [0.15, 0.2) is 5.82 Å². The van der Waals surface area contributed by atoms with Gasteiger partial charge in [-0.2, -0.15) is 0 Å². The van der Waals surface area contributed by atoms with E-state index in [1.54, 1.807) is 6.07 Å². The van der Waals surface area contributed by atoms with Crippen molar-refractivity contribution < 1.29 is 9.90 Å². The number of halogens is 2. The van der Waals surface area contributed by atoms with Gasteiger partial charge in [-0.05, 0) is 36.2 Å². The molecule has 0 aromatic carbocycles. The van der Waals surface area contributed by atoms with Gasteiger partial charge >= 0.3 is 0 Å². The minimum absolute atomic E-state index is 0.116. The lowest BCUT2D eigenvalue weighted by molar-refractivity contribution is -0.130. The fraction of sp³-hybridized carbons (Fsp3) is 0.625. The molecule has 1 amide bonds. The molecule has 1 aromatic rings. The first-order valence-corrected chi connectivity index (χ1v) is 8.20. The average molecular weight is 343 g/mol. The van der Waals surface area contributed by atoms with Crippen molar-refractivity contribution >= 4 is 34.9 Å². The van der Waals surface area contributed by atoms with Crippen LogP contribution in [0.15, 0.2) is 12.3 Å². The summed E-state index contributed by atoms with van der Waals surface area (Å²) in [7, 11) is 0. The molecule has 0 aliphatic heterocycles. The third-order valence-corrected chi connectivity index (χ3v) is 6.94. The SMILES string of the molecule is CC1(C)[C@]2(C(=O)Nc3ncc(Cl)cc3Cl)CC[C@]1(C)[C@@H](O)C2. The van der Waals surface area contributed by atoms with Crippen LogP contribution in [0.5, 0.6) is 0 Å². The molecule has 0 spiro atoms. The van der Waals surface area contributed by atoms with Gasteiger partial charge < -0.3 is 10.4 Å². The van der Waals surface area contributed by atoms with Crippen molar-refractivity contribution in [3.63, 3.8) is 0 Å². The molecule has 2 bridgehead atoms. The largest absolute Gasteiger partial charge is 0.393 e. The highest BCUT2D eigenvalue weighted by Crippen LogP contribution is 2.72. The summed E-state index contributed by atoms with van der Waals surface area (Å²) in [5.41, 5.74) is -1.12. The Kier molecular flexibility index (Phi) is 3.52. The van der Waals surface area contributed by atoms with Crippen molar-refractivity contribution in [2.24, 2.45) is 16.2 Å². The molecule has 2 aliphatic carbocycles. The Hall–Kier alpha value is -0.840. The number of nitrogens with zero attached hydrogens (tertiary/aromatic N) is 1. The summed E-state index contributed by atoms with van der Waals surface area (Å²) in [6, 6.07) is 1.55. The van der Waals surface area contributed by atoms with Crippen molar-refractivity contribution in [3.8, 4) is 0 Å². The van der Waals surface area contributed by atoms with Gasteiger partial charge in [0.1, 0.15) is 0 Å². The Balaban J connectivity index is 1.93. The van der Waals surface area contributed by atoms with Crippen LogP contribution >= 0.6 is 23.2 Å². The summed E-state index contributed by atoms with van der Waals surface area (Å²) in [4.78, 5) is 17.1. The number of aliphatic hydroxyl groups excluding tert-OH is 1. The maximum Gasteiger partial charge on any atom is 0.232 e. The molecule has 1 heterocycles. The summed E-state index contributed by atoms with van der Waals surface area (Å²) < 4.78 is 0. The lowest BCUT2D eigenvalue weighted by atomic mass is 9.64. The number of fused-ring (bicyclic) bond motifs is 2. The summed E-state index contributed by atoms with van der Waals surface area (Å²) in [5.74, 6) is 0.200. The Labute approximate surface area is 140 Å². The van der Waals surface area contributed by atoms with E-state index in [-0.39, 0.29) is 16.7 Å². The minimum atomic E-state index is -0.591. The number of rotatable bonds is 2. The second-order valence-electron chi connectivity index (χ2n) is 7.28. The first-order chi connectivity index (χ1) is 10.1. The molecule has 0 unspecified atom stereocenters. The summed E-state index contributed by atoms with van der Waals surface area (Å²) in [6.45, 7) is 6.23. The number of nitrogens with one attached hydrogen (secondary N) is 1. The summed E-state index contributed by atoms with van der Waals surface area (Å²) >= 11 is 11.9. The molecule has 2 N–H and O–H groups in total. The van der Waals surface area contributed by atoms with Gasteiger partial charge in [0, 0.05) is 6.20 Å². The van der Waals surface area contributed by atoms with E-state index in [1.807, 2.05) is 0 Å². The zero-order valence-electron chi connectivity index (χ0n) is 12.9. The van der Waals surface area contributed by atoms with E-state index in [9.17, 15) is 9.90 Å². The number of amides is 1. The van der Waals surface area contributed by atoms with Crippen LogP contribution in [-0.2, 0) is 4.79 Å². The molecular formula is C16H20Cl2N2O2. The molecule has 120 valence electrons. The molecule has 1 aromatic heterocycles. The van der Waals surface area contributed by atoms with E-state index in [2.05, 4.69) is 31.1 Å². The number of anilines is 1. The number of hydrogen-bond donors (Lipinski definition) is 2. The highest BCUT2D eigenvalue weighted by Gasteiger charge is 2.72. The van der Waals surface area contributed by atoms with Gasteiger partial charge in [-0.3, -0.25) is 4.79 Å². The van der Waals surface area contributed by atoms with Crippen LogP contribution < -0.4 is 5.32 Å². The Morgan fingerprint density at radius 3 is 2.55 bits per heavy atom. The summed E-state index contributed by atoms with van der Waals surface area (Å²) in [6.07, 6.45) is 3.08. The van der Waals surface area contributed by atoms with Crippen molar-refractivity contribution in [2.45, 2.75) is 46.1 Å². The van der Waals surface area contributed by atoms with Gasteiger partial charge in [-0.1, -0.05) is 44.0 Å². The lowest BCUT2D eigenvalue weighted by Gasteiger charge is -2.40. The Morgan fingerprint density at radius 2 is 2.05 bits per heavy atom. The lowest BCUT2D eigenvalue weighted by Crippen LogP contribution is -2.43. The van der Waals surface area contributed by atoms with E-state index in [0.717, 1.165) is 12.8 Å².